The van der Waals surface area contributed by atoms with E-state index in [1.165, 1.54) is 0 Å². The van der Waals surface area contributed by atoms with Crippen LogP contribution in [-0.4, -0.2) is 63.8 Å². The maximum absolute atomic E-state index is 12.5. The minimum absolute atomic E-state index is 0.0648. The Balaban J connectivity index is 2.13. The molecule has 2 aliphatic carbocycles. The number of sulfone groups is 1. The highest BCUT2D eigenvalue weighted by Crippen LogP contribution is 2.33. The first-order valence-electron chi connectivity index (χ1n) is 6.77. The molecule has 0 radical (unpaired) electrons. The Morgan fingerprint density at radius 3 is 1.37 bits per heavy atom. The summed E-state index contributed by atoms with van der Waals surface area (Å²) >= 11 is 0. The molecule has 0 saturated heterocycles. The largest absolute Gasteiger partial charge is 0.393 e. The van der Waals surface area contributed by atoms with E-state index < -0.39 is 44.8 Å². The average molecular weight is 294 g/mol. The molecule has 19 heavy (non-hydrogen) atoms. The van der Waals surface area contributed by atoms with Crippen LogP contribution in [0.15, 0.2) is 0 Å². The van der Waals surface area contributed by atoms with E-state index in [1.807, 2.05) is 0 Å². The third kappa shape index (κ3) is 3.11. The van der Waals surface area contributed by atoms with Gasteiger partial charge in [-0.05, 0) is 25.7 Å². The second-order valence-corrected chi connectivity index (χ2v) is 8.12. The molecular formula is C12H22O6S. The Bertz CT molecular complexity index is 376. The van der Waals surface area contributed by atoms with E-state index in [-0.39, 0.29) is 25.7 Å². The zero-order valence-electron chi connectivity index (χ0n) is 10.7. The lowest BCUT2D eigenvalue weighted by Crippen LogP contribution is -2.50. The van der Waals surface area contributed by atoms with Crippen molar-refractivity contribution >= 4 is 9.84 Å². The molecule has 0 amide bonds. The molecule has 0 aromatic heterocycles. The minimum Gasteiger partial charge on any atom is -0.393 e. The smallest absolute Gasteiger partial charge is 0.161 e. The Morgan fingerprint density at radius 2 is 1.05 bits per heavy atom. The van der Waals surface area contributed by atoms with Crippen molar-refractivity contribution in [2.45, 2.75) is 73.4 Å². The summed E-state index contributed by atoms with van der Waals surface area (Å²) in [6.07, 6.45) is -2.18. The molecule has 0 aliphatic heterocycles. The number of aliphatic hydroxyl groups is 4. The molecule has 0 aromatic carbocycles. The second-order valence-electron chi connectivity index (χ2n) is 5.73. The summed E-state index contributed by atoms with van der Waals surface area (Å²) in [6.45, 7) is 0. The molecule has 112 valence electrons. The molecule has 0 bridgehead atoms. The Kier molecular flexibility index (Phi) is 4.52. The van der Waals surface area contributed by atoms with Gasteiger partial charge in [0.2, 0.25) is 0 Å². The van der Waals surface area contributed by atoms with Crippen LogP contribution in [0.4, 0.5) is 0 Å². The van der Waals surface area contributed by atoms with Crippen molar-refractivity contribution in [2.75, 3.05) is 0 Å². The second kappa shape index (κ2) is 5.65. The van der Waals surface area contributed by atoms with Crippen molar-refractivity contribution in [3.05, 3.63) is 0 Å². The van der Waals surface area contributed by atoms with E-state index in [1.54, 1.807) is 0 Å². The first-order chi connectivity index (χ1) is 8.82. The number of rotatable bonds is 2. The van der Waals surface area contributed by atoms with Crippen LogP contribution in [0.5, 0.6) is 0 Å². The van der Waals surface area contributed by atoms with Gasteiger partial charge in [0.25, 0.3) is 0 Å². The van der Waals surface area contributed by atoms with Gasteiger partial charge in [-0.1, -0.05) is 0 Å². The maximum atomic E-state index is 12.5. The normalized spacial score (nSPS) is 45.1. The van der Waals surface area contributed by atoms with Crippen LogP contribution in [0.3, 0.4) is 0 Å². The molecule has 0 heterocycles. The van der Waals surface area contributed by atoms with Crippen molar-refractivity contribution in [3.63, 3.8) is 0 Å². The fraction of sp³-hybridized carbons (Fsp3) is 1.00. The summed E-state index contributed by atoms with van der Waals surface area (Å²) in [5, 5.41) is 36.8. The average Bonchev–Trinajstić information content (AvgIpc) is 2.27. The SMILES string of the molecule is O=S(=O)(C1CCC(O)CC1O)C1CCC(O)CC1O. The zero-order valence-corrected chi connectivity index (χ0v) is 11.5. The molecule has 2 fully saturated rings. The van der Waals surface area contributed by atoms with Crippen LogP contribution in [-0.2, 0) is 9.84 Å². The van der Waals surface area contributed by atoms with E-state index in [0.29, 0.717) is 12.8 Å². The van der Waals surface area contributed by atoms with E-state index >= 15 is 0 Å². The van der Waals surface area contributed by atoms with Crippen LogP contribution in [0.25, 0.3) is 0 Å². The van der Waals surface area contributed by atoms with Crippen molar-refractivity contribution in [2.24, 2.45) is 0 Å². The molecule has 2 saturated carbocycles. The van der Waals surface area contributed by atoms with Gasteiger partial charge < -0.3 is 20.4 Å². The Morgan fingerprint density at radius 1 is 0.684 bits per heavy atom. The maximum Gasteiger partial charge on any atom is 0.161 e. The van der Waals surface area contributed by atoms with E-state index in [9.17, 15) is 28.8 Å². The Labute approximate surface area is 113 Å². The standard InChI is InChI=1S/C12H22O6S/c13-7-1-3-11(9(15)5-7)19(17,18)12-4-2-8(14)6-10(12)16/h7-16H,1-6H2. The highest BCUT2D eigenvalue weighted by Gasteiger charge is 2.45. The lowest BCUT2D eigenvalue weighted by molar-refractivity contribution is 0.0354. The topological polar surface area (TPSA) is 115 Å². The minimum atomic E-state index is -3.65. The van der Waals surface area contributed by atoms with Crippen molar-refractivity contribution in [1.82, 2.24) is 0 Å². The van der Waals surface area contributed by atoms with Gasteiger partial charge in [-0.2, -0.15) is 0 Å². The number of hydrogen-bond acceptors (Lipinski definition) is 6. The van der Waals surface area contributed by atoms with Gasteiger partial charge in [-0.25, -0.2) is 8.42 Å². The van der Waals surface area contributed by atoms with E-state index in [4.69, 9.17) is 0 Å². The summed E-state index contributed by atoms with van der Waals surface area (Å²) in [5.41, 5.74) is 0. The van der Waals surface area contributed by atoms with Crippen molar-refractivity contribution in [3.8, 4) is 0 Å². The molecule has 2 aliphatic rings. The predicted octanol–water partition coefficient (Wildman–Crippen LogP) is -1.05. The highest BCUT2D eigenvalue weighted by molar-refractivity contribution is 7.92. The molecule has 6 nitrogen and oxygen atoms in total. The van der Waals surface area contributed by atoms with Crippen LogP contribution in [0.2, 0.25) is 0 Å². The molecular weight excluding hydrogens is 272 g/mol. The fourth-order valence-electron chi connectivity index (χ4n) is 3.19. The van der Waals surface area contributed by atoms with Crippen LogP contribution in [0.1, 0.15) is 38.5 Å². The van der Waals surface area contributed by atoms with Crippen molar-refractivity contribution < 1.29 is 28.8 Å². The van der Waals surface area contributed by atoms with E-state index in [0.717, 1.165) is 0 Å². The summed E-state index contributed by atoms with van der Waals surface area (Å²) in [7, 11) is -3.65. The summed E-state index contributed by atoms with van der Waals surface area (Å²) in [5.74, 6) is 0. The Hall–Kier alpha value is -0.210. The van der Waals surface area contributed by atoms with Gasteiger partial charge in [0.05, 0.1) is 34.9 Å². The monoisotopic (exact) mass is 294 g/mol. The van der Waals surface area contributed by atoms with Gasteiger partial charge in [0.15, 0.2) is 9.84 Å². The lowest BCUT2D eigenvalue weighted by atomic mass is 9.94. The molecule has 7 heteroatoms. The molecule has 0 aromatic rings. The van der Waals surface area contributed by atoms with Gasteiger partial charge in [-0.3, -0.25) is 0 Å². The van der Waals surface area contributed by atoms with Gasteiger partial charge in [0, 0.05) is 12.8 Å². The van der Waals surface area contributed by atoms with Crippen LogP contribution in [0, 0.1) is 0 Å². The molecule has 6 atom stereocenters. The van der Waals surface area contributed by atoms with Gasteiger partial charge in [-0.15, -0.1) is 0 Å². The van der Waals surface area contributed by atoms with E-state index in [2.05, 4.69) is 0 Å². The summed E-state index contributed by atoms with van der Waals surface area (Å²) in [4.78, 5) is 0. The highest BCUT2D eigenvalue weighted by atomic mass is 32.2. The molecule has 0 spiro atoms. The molecule has 4 N–H and O–H groups in total. The third-order valence-corrected chi connectivity index (χ3v) is 7.09. The third-order valence-electron chi connectivity index (χ3n) is 4.30. The number of hydrogen-bond donors (Lipinski definition) is 4. The lowest BCUT2D eigenvalue weighted by Gasteiger charge is -2.36. The summed E-state index contributed by atoms with van der Waals surface area (Å²) < 4.78 is 25.0. The van der Waals surface area contributed by atoms with Crippen LogP contribution < -0.4 is 0 Å². The predicted molar refractivity (Wildman–Crippen MR) is 68.2 cm³/mol. The first-order valence-corrected chi connectivity index (χ1v) is 8.38. The summed E-state index contributed by atoms with van der Waals surface area (Å²) in [6, 6.07) is 0. The van der Waals surface area contributed by atoms with Crippen LogP contribution >= 0.6 is 0 Å². The number of aliphatic hydroxyl groups excluding tert-OH is 4. The van der Waals surface area contributed by atoms with Gasteiger partial charge >= 0.3 is 0 Å². The fourth-order valence-corrected chi connectivity index (χ4v) is 5.66. The molecule has 6 unspecified atom stereocenters. The zero-order chi connectivity index (χ0) is 14.2. The molecule has 2 rings (SSSR count). The van der Waals surface area contributed by atoms with Crippen molar-refractivity contribution in [1.29, 1.82) is 0 Å². The van der Waals surface area contributed by atoms with Gasteiger partial charge in [0.1, 0.15) is 0 Å². The quantitative estimate of drug-likeness (QED) is 0.516. The first kappa shape index (κ1) is 15.2.